The topological polar surface area (TPSA) is 87.5 Å². The minimum absolute atomic E-state index is 0.0474. The minimum Gasteiger partial charge on any atom is -0.466 e. The summed E-state index contributed by atoms with van der Waals surface area (Å²) < 4.78 is 11.3. The Labute approximate surface area is 133 Å². The first-order chi connectivity index (χ1) is 11.0. The molecule has 0 radical (unpaired) electrons. The van der Waals surface area contributed by atoms with E-state index in [-0.39, 0.29) is 30.6 Å². The van der Waals surface area contributed by atoms with Crippen molar-refractivity contribution in [2.75, 3.05) is 13.2 Å². The second kappa shape index (κ2) is 7.21. The summed E-state index contributed by atoms with van der Waals surface area (Å²) in [5.41, 5.74) is 0.0873. The highest BCUT2D eigenvalue weighted by Crippen LogP contribution is 2.27. The summed E-state index contributed by atoms with van der Waals surface area (Å²) in [4.78, 5) is 40.3. The average molecular weight is 320 g/mol. The highest BCUT2D eigenvalue weighted by molar-refractivity contribution is 5.89. The summed E-state index contributed by atoms with van der Waals surface area (Å²) in [7, 11) is 0. The lowest BCUT2D eigenvalue weighted by molar-refractivity contribution is -0.141. The summed E-state index contributed by atoms with van der Waals surface area (Å²) >= 11 is 0. The van der Waals surface area contributed by atoms with Crippen LogP contribution in [0.1, 0.15) is 55.8 Å². The Bertz CT molecular complexity index is 705. The van der Waals surface area contributed by atoms with Gasteiger partial charge in [-0.15, -0.1) is 0 Å². The van der Waals surface area contributed by atoms with Crippen molar-refractivity contribution in [1.82, 2.24) is 9.55 Å². The van der Waals surface area contributed by atoms with E-state index in [4.69, 9.17) is 9.47 Å². The number of aromatic nitrogens is 2. The van der Waals surface area contributed by atoms with Crippen LogP contribution in [0.5, 0.6) is 0 Å². The van der Waals surface area contributed by atoms with Gasteiger partial charge in [-0.3, -0.25) is 14.2 Å². The maximum Gasteiger partial charge on any atom is 0.345 e. The predicted octanol–water partition coefficient (Wildman–Crippen LogP) is 1.72. The maximum atomic E-state index is 12.6. The molecule has 0 saturated heterocycles. The molecule has 2 heterocycles. The molecule has 1 aliphatic rings. The van der Waals surface area contributed by atoms with Gasteiger partial charge in [-0.1, -0.05) is 6.08 Å². The van der Waals surface area contributed by atoms with Crippen molar-refractivity contribution in [3.05, 3.63) is 34.0 Å². The summed E-state index contributed by atoms with van der Waals surface area (Å²) in [5.74, 6) is -0.660. The van der Waals surface area contributed by atoms with Crippen molar-refractivity contribution < 1.29 is 19.1 Å². The first-order valence-corrected chi connectivity index (χ1v) is 7.63. The summed E-state index contributed by atoms with van der Waals surface area (Å²) in [6, 6.07) is -0.148. The van der Waals surface area contributed by atoms with Crippen molar-refractivity contribution in [3.63, 3.8) is 0 Å². The van der Waals surface area contributed by atoms with Crippen molar-refractivity contribution in [3.8, 4) is 0 Å². The van der Waals surface area contributed by atoms with Gasteiger partial charge in [0.25, 0.3) is 5.56 Å². The number of fused-ring (bicyclic) bond motifs is 1. The van der Waals surface area contributed by atoms with Crippen LogP contribution in [0.15, 0.2) is 17.1 Å². The summed E-state index contributed by atoms with van der Waals surface area (Å²) in [5, 5.41) is 0. The molecular formula is C16H20N2O5. The highest BCUT2D eigenvalue weighted by atomic mass is 16.5. The average Bonchev–Trinajstić information content (AvgIpc) is 2.50. The third kappa shape index (κ3) is 3.49. The van der Waals surface area contributed by atoms with Gasteiger partial charge in [0.15, 0.2) is 0 Å². The summed E-state index contributed by atoms with van der Waals surface area (Å²) in [6.45, 7) is 5.75. The summed E-state index contributed by atoms with van der Waals surface area (Å²) in [6.07, 6.45) is 3.72. The van der Waals surface area contributed by atoms with Crippen LogP contribution < -0.4 is 5.56 Å². The van der Waals surface area contributed by atoms with Gasteiger partial charge < -0.3 is 9.47 Å². The normalized spacial score (nSPS) is 16.3. The first-order valence-electron chi connectivity index (χ1n) is 7.63. The van der Waals surface area contributed by atoms with Gasteiger partial charge in [-0.2, -0.15) is 0 Å². The molecule has 1 aromatic rings. The third-order valence-corrected chi connectivity index (χ3v) is 3.56. The van der Waals surface area contributed by atoms with Crippen molar-refractivity contribution in [2.45, 2.75) is 39.7 Å². The maximum absolute atomic E-state index is 12.6. The van der Waals surface area contributed by atoms with Gasteiger partial charge in [0.1, 0.15) is 11.4 Å². The largest absolute Gasteiger partial charge is 0.466 e. The molecule has 0 bridgehead atoms. The lowest BCUT2D eigenvalue weighted by atomic mass is 10.0. The molecule has 2 rings (SSSR count). The zero-order valence-corrected chi connectivity index (χ0v) is 13.5. The second-order valence-corrected chi connectivity index (χ2v) is 5.19. The Kier molecular flexibility index (Phi) is 5.31. The predicted molar refractivity (Wildman–Crippen MR) is 83.0 cm³/mol. The Morgan fingerprint density at radius 2 is 2.00 bits per heavy atom. The molecule has 0 aliphatic carbocycles. The van der Waals surface area contributed by atoms with Crippen molar-refractivity contribution >= 4 is 17.5 Å². The van der Waals surface area contributed by atoms with E-state index in [0.717, 1.165) is 0 Å². The molecule has 1 aromatic heterocycles. The van der Waals surface area contributed by atoms with Gasteiger partial charge >= 0.3 is 11.9 Å². The van der Waals surface area contributed by atoms with Gasteiger partial charge in [0.2, 0.25) is 0 Å². The van der Waals surface area contributed by atoms with Crippen LogP contribution in [-0.4, -0.2) is 34.7 Å². The fourth-order valence-electron chi connectivity index (χ4n) is 2.49. The number of rotatable bonds is 5. The quantitative estimate of drug-likeness (QED) is 0.768. The number of hydrogen-bond donors (Lipinski definition) is 0. The Balaban J connectivity index is 2.41. The van der Waals surface area contributed by atoms with E-state index >= 15 is 0 Å². The standard InChI is InChI=1S/C16H20N2O5/c1-4-22-13(19)8-11-7-6-10(3)18-14(11)17-9-12(15(18)20)16(21)23-5-2/h7,9-10H,4-6,8H2,1-3H3. The number of allylic oxidation sites excluding steroid dienone is 1. The molecule has 7 heteroatoms. The smallest absolute Gasteiger partial charge is 0.345 e. The molecule has 7 nitrogen and oxygen atoms in total. The lowest BCUT2D eigenvalue weighted by Crippen LogP contribution is -2.34. The van der Waals surface area contributed by atoms with E-state index in [1.54, 1.807) is 13.8 Å². The highest BCUT2D eigenvalue weighted by Gasteiger charge is 2.25. The van der Waals surface area contributed by atoms with Crippen molar-refractivity contribution in [2.24, 2.45) is 0 Å². The van der Waals surface area contributed by atoms with E-state index in [0.29, 0.717) is 24.4 Å². The molecule has 0 fully saturated rings. The minimum atomic E-state index is -0.686. The van der Waals surface area contributed by atoms with E-state index in [1.165, 1.54) is 10.8 Å². The molecule has 1 unspecified atom stereocenters. The number of esters is 2. The van der Waals surface area contributed by atoms with E-state index in [9.17, 15) is 14.4 Å². The molecule has 0 aromatic carbocycles. The van der Waals surface area contributed by atoms with Crippen LogP contribution in [0.2, 0.25) is 0 Å². The number of carbonyl (C=O) groups is 2. The van der Waals surface area contributed by atoms with Crippen LogP contribution in [0.25, 0.3) is 5.57 Å². The Morgan fingerprint density at radius 3 is 2.65 bits per heavy atom. The van der Waals surface area contributed by atoms with E-state index in [1.807, 2.05) is 13.0 Å². The van der Waals surface area contributed by atoms with Gasteiger partial charge in [-0.05, 0) is 27.2 Å². The van der Waals surface area contributed by atoms with Crippen LogP contribution in [0, 0.1) is 0 Å². The third-order valence-electron chi connectivity index (χ3n) is 3.56. The van der Waals surface area contributed by atoms with Crippen LogP contribution in [-0.2, 0) is 14.3 Å². The molecule has 0 spiro atoms. The molecule has 0 amide bonds. The van der Waals surface area contributed by atoms with Gasteiger partial charge in [0, 0.05) is 17.8 Å². The van der Waals surface area contributed by atoms with Crippen LogP contribution >= 0.6 is 0 Å². The number of nitrogens with zero attached hydrogens (tertiary/aromatic N) is 2. The van der Waals surface area contributed by atoms with Gasteiger partial charge in [-0.25, -0.2) is 9.78 Å². The number of hydrogen-bond acceptors (Lipinski definition) is 6. The van der Waals surface area contributed by atoms with Crippen LogP contribution in [0.3, 0.4) is 0 Å². The Hall–Kier alpha value is -2.44. The van der Waals surface area contributed by atoms with Crippen LogP contribution in [0.4, 0.5) is 0 Å². The van der Waals surface area contributed by atoms with E-state index in [2.05, 4.69) is 4.98 Å². The van der Waals surface area contributed by atoms with Crippen molar-refractivity contribution in [1.29, 1.82) is 0 Å². The molecule has 124 valence electrons. The monoisotopic (exact) mass is 320 g/mol. The molecule has 1 atom stereocenters. The number of ether oxygens (including phenoxy) is 2. The number of carbonyl (C=O) groups excluding carboxylic acids is 2. The molecule has 1 aliphatic heterocycles. The fraction of sp³-hybridized carbons (Fsp3) is 0.500. The zero-order valence-electron chi connectivity index (χ0n) is 13.5. The van der Waals surface area contributed by atoms with Gasteiger partial charge in [0.05, 0.1) is 19.6 Å². The molecule has 0 saturated carbocycles. The zero-order chi connectivity index (χ0) is 17.0. The fourth-order valence-corrected chi connectivity index (χ4v) is 2.49. The molecular weight excluding hydrogens is 300 g/mol. The SMILES string of the molecule is CCOC(=O)CC1=CCC(C)n2c1ncc(C(=O)OCC)c2=O. The molecule has 23 heavy (non-hydrogen) atoms. The Morgan fingerprint density at radius 1 is 1.30 bits per heavy atom. The second-order valence-electron chi connectivity index (χ2n) is 5.19. The van der Waals surface area contributed by atoms with E-state index < -0.39 is 11.5 Å². The first kappa shape index (κ1) is 16.9. The lowest BCUT2D eigenvalue weighted by Gasteiger charge is -2.24. The molecule has 0 N–H and O–H groups in total.